The van der Waals surface area contributed by atoms with Crippen molar-refractivity contribution in [3.8, 4) is 0 Å². The van der Waals surface area contributed by atoms with Gasteiger partial charge in [0.2, 0.25) is 0 Å². The molecule has 1 atom stereocenters. The molecular weight excluding hydrogens is 286 g/mol. The molecule has 3 nitrogen and oxygen atoms in total. The van der Waals surface area contributed by atoms with Gasteiger partial charge in [-0.1, -0.05) is 0 Å². The highest BCUT2D eigenvalue weighted by molar-refractivity contribution is 5.21. The maximum atomic E-state index is 13.9. The van der Waals surface area contributed by atoms with Crippen LogP contribution in [0.25, 0.3) is 0 Å². The Morgan fingerprint density at radius 3 is 2.64 bits per heavy atom. The summed E-state index contributed by atoms with van der Waals surface area (Å²) in [6.07, 6.45) is 2.17. The molecule has 1 N–H and O–H groups in total. The Kier molecular flexibility index (Phi) is 6.29. The normalized spacial score (nSPS) is 18.8. The number of hydrogen-bond donors (Lipinski definition) is 1. The summed E-state index contributed by atoms with van der Waals surface area (Å²) < 4.78 is 27.2. The number of nitrogens with zero attached hydrogens (tertiary/aromatic N) is 2. The molecule has 1 heterocycles. The number of hydrogen-bond acceptors (Lipinski definition) is 3. The van der Waals surface area contributed by atoms with E-state index in [0.717, 1.165) is 45.1 Å². The van der Waals surface area contributed by atoms with E-state index in [9.17, 15) is 8.78 Å². The first-order valence-corrected chi connectivity index (χ1v) is 7.99. The summed E-state index contributed by atoms with van der Waals surface area (Å²) in [6.45, 7) is 5.75. The second kappa shape index (κ2) is 7.99. The maximum Gasteiger partial charge on any atom is 0.128 e. The summed E-state index contributed by atoms with van der Waals surface area (Å²) in [6, 6.07) is 3.50. The molecule has 22 heavy (non-hydrogen) atoms. The molecule has 1 aromatic carbocycles. The molecular formula is C17H26F2N2O. The molecule has 0 aliphatic carbocycles. The smallest absolute Gasteiger partial charge is 0.128 e. The number of piperidine rings is 1. The van der Waals surface area contributed by atoms with Crippen LogP contribution >= 0.6 is 0 Å². The molecule has 2 rings (SSSR count). The van der Waals surface area contributed by atoms with Crippen molar-refractivity contribution in [3.05, 3.63) is 35.4 Å². The van der Waals surface area contributed by atoms with Crippen LogP contribution in [0.5, 0.6) is 0 Å². The average Bonchev–Trinajstić information content (AvgIpc) is 2.51. The van der Waals surface area contributed by atoms with Crippen LogP contribution in [0.2, 0.25) is 0 Å². The molecule has 0 amide bonds. The number of β-amino-alcohol motifs (C(OH)–C–C–N with tert-alkyl or cyclic N) is 1. The second-order valence-electron chi connectivity index (χ2n) is 6.29. The van der Waals surface area contributed by atoms with Crippen LogP contribution in [0, 0.1) is 17.6 Å². The average molecular weight is 312 g/mol. The first-order chi connectivity index (χ1) is 10.5. The summed E-state index contributed by atoms with van der Waals surface area (Å²) in [5.74, 6) is -0.175. The molecule has 1 saturated heterocycles. The van der Waals surface area contributed by atoms with Crippen molar-refractivity contribution in [2.75, 3.05) is 39.8 Å². The van der Waals surface area contributed by atoms with Crippen molar-refractivity contribution in [1.29, 1.82) is 0 Å². The van der Waals surface area contributed by atoms with Crippen LogP contribution in [-0.4, -0.2) is 54.7 Å². The third-order valence-corrected chi connectivity index (χ3v) is 4.74. The van der Waals surface area contributed by atoms with Gasteiger partial charge >= 0.3 is 0 Å². The van der Waals surface area contributed by atoms with E-state index in [0.29, 0.717) is 11.5 Å². The third kappa shape index (κ3) is 4.48. The predicted molar refractivity (Wildman–Crippen MR) is 83.7 cm³/mol. The Hall–Kier alpha value is -1.04. The Balaban J connectivity index is 1.89. The number of benzene rings is 1. The van der Waals surface area contributed by atoms with Gasteiger partial charge in [-0.25, -0.2) is 8.78 Å². The topological polar surface area (TPSA) is 26.7 Å². The van der Waals surface area contributed by atoms with E-state index in [1.807, 2.05) is 14.0 Å². The van der Waals surface area contributed by atoms with Gasteiger partial charge in [-0.2, -0.15) is 0 Å². The summed E-state index contributed by atoms with van der Waals surface area (Å²) >= 11 is 0. The van der Waals surface area contributed by atoms with Crippen LogP contribution in [0.3, 0.4) is 0 Å². The zero-order chi connectivity index (χ0) is 16.1. The summed E-state index contributed by atoms with van der Waals surface area (Å²) in [4.78, 5) is 4.37. The van der Waals surface area contributed by atoms with Gasteiger partial charge in [0, 0.05) is 24.7 Å². The van der Waals surface area contributed by atoms with Crippen molar-refractivity contribution < 1.29 is 13.9 Å². The monoisotopic (exact) mass is 312 g/mol. The Bertz CT molecular complexity index is 476. The van der Waals surface area contributed by atoms with Crippen molar-refractivity contribution in [1.82, 2.24) is 9.80 Å². The van der Waals surface area contributed by atoms with Crippen molar-refractivity contribution >= 4 is 0 Å². The van der Waals surface area contributed by atoms with Gasteiger partial charge in [-0.3, -0.25) is 4.90 Å². The molecule has 1 aliphatic rings. The molecule has 124 valence electrons. The van der Waals surface area contributed by atoms with Gasteiger partial charge in [0.15, 0.2) is 0 Å². The molecule has 1 fully saturated rings. The predicted octanol–water partition coefficient (Wildman–Crippen LogP) is 2.66. The number of rotatable bonds is 6. The largest absolute Gasteiger partial charge is 0.395 e. The highest BCUT2D eigenvalue weighted by Crippen LogP contribution is 2.26. The zero-order valence-corrected chi connectivity index (χ0v) is 13.4. The van der Waals surface area contributed by atoms with Crippen molar-refractivity contribution in [3.63, 3.8) is 0 Å². The van der Waals surface area contributed by atoms with Crippen molar-refractivity contribution in [2.24, 2.45) is 5.92 Å². The second-order valence-corrected chi connectivity index (χ2v) is 6.29. The third-order valence-electron chi connectivity index (χ3n) is 4.74. The molecule has 0 spiro atoms. The molecule has 0 radical (unpaired) electrons. The Labute approximate surface area is 131 Å². The molecule has 1 aliphatic heterocycles. The quantitative estimate of drug-likeness (QED) is 0.875. The van der Waals surface area contributed by atoms with Crippen LogP contribution in [0.4, 0.5) is 8.78 Å². The minimum atomic E-state index is -0.394. The lowest BCUT2D eigenvalue weighted by Crippen LogP contribution is -2.39. The number of aliphatic hydroxyl groups excluding tert-OH is 1. The van der Waals surface area contributed by atoms with Gasteiger partial charge < -0.3 is 10.0 Å². The molecule has 5 heteroatoms. The van der Waals surface area contributed by atoms with Gasteiger partial charge in [0.05, 0.1) is 6.61 Å². The summed E-state index contributed by atoms with van der Waals surface area (Å²) in [5.41, 5.74) is 0.417. The Morgan fingerprint density at radius 1 is 1.32 bits per heavy atom. The summed E-state index contributed by atoms with van der Waals surface area (Å²) in [7, 11) is 1.97. The van der Waals surface area contributed by atoms with Gasteiger partial charge in [-0.05, 0) is 64.0 Å². The Morgan fingerprint density at radius 2 is 2.00 bits per heavy atom. The van der Waals surface area contributed by atoms with E-state index < -0.39 is 5.82 Å². The van der Waals surface area contributed by atoms with E-state index in [-0.39, 0.29) is 18.5 Å². The van der Waals surface area contributed by atoms with Crippen LogP contribution in [0.1, 0.15) is 31.4 Å². The van der Waals surface area contributed by atoms with E-state index in [2.05, 4.69) is 9.80 Å². The minimum Gasteiger partial charge on any atom is -0.395 e. The van der Waals surface area contributed by atoms with Crippen molar-refractivity contribution in [2.45, 2.75) is 25.8 Å². The van der Waals surface area contributed by atoms with Gasteiger partial charge in [0.25, 0.3) is 0 Å². The highest BCUT2D eigenvalue weighted by Gasteiger charge is 2.23. The van der Waals surface area contributed by atoms with Crippen LogP contribution in [0.15, 0.2) is 18.2 Å². The molecule has 0 bridgehead atoms. The van der Waals surface area contributed by atoms with Gasteiger partial charge in [0.1, 0.15) is 11.6 Å². The fraction of sp³-hybridized carbons (Fsp3) is 0.647. The van der Waals surface area contributed by atoms with E-state index >= 15 is 0 Å². The van der Waals surface area contributed by atoms with Gasteiger partial charge in [-0.15, -0.1) is 0 Å². The van der Waals surface area contributed by atoms with E-state index in [4.69, 9.17) is 5.11 Å². The fourth-order valence-electron chi connectivity index (χ4n) is 3.17. The first kappa shape index (κ1) is 17.3. The summed E-state index contributed by atoms with van der Waals surface area (Å²) in [5, 5.41) is 8.96. The molecule has 1 unspecified atom stereocenters. The molecule has 1 aromatic rings. The minimum absolute atomic E-state index is 0.147. The lowest BCUT2D eigenvalue weighted by Gasteiger charge is -2.35. The lowest BCUT2D eigenvalue weighted by molar-refractivity contribution is 0.120. The number of aliphatic hydroxyl groups is 1. The maximum absolute atomic E-state index is 13.9. The SMILES string of the molecule is CC(c1cc(F)ccc1F)N(C)CC1CCN(CCO)CC1. The van der Waals surface area contributed by atoms with E-state index in [1.54, 1.807) is 0 Å². The lowest BCUT2D eigenvalue weighted by atomic mass is 9.95. The highest BCUT2D eigenvalue weighted by atomic mass is 19.1. The zero-order valence-electron chi connectivity index (χ0n) is 13.4. The standard InChI is InChI=1S/C17H26F2N2O/c1-13(16-11-15(18)3-4-17(16)19)20(2)12-14-5-7-21(8-6-14)9-10-22/h3-4,11,13-14,22H,5-10,12H2,1-2H3. The number of likely N-dealkylation sites (tertiary alicyclic amines) is 1. The first-order valence-electron chi connectivity index (χ1n) is 7.99. The van der Waals surface area contributed by atoms with Crippen LogP contribution < -0.4 is 0 Å². The van der Waals surface area contributed by atoms with Crippen LogP contribution in [-0.2, 0) is 0 Å². The fourth-order valence-corrected chi connectivity index (χ4v) is 3.17. The number of halogens is 2. The van der Waals surface area contributed by atoms with E-state index in [1.165, 1.54) is 12.1 Å². The molecule has 0 saturated carbocycles. The molecule has 0 aromatic heterocycles.